The third kappa shape index (κ3) is 3.02. The van der Waals surface area contributed by atoms with Crippen molar-refractivity contribution in [3.63, 3.8) is 0 Å². The second kappa shape index (κ2) is 6.81. The third-order valence-corrected chi connectivity index (χ3v) is 5.83. The number of rotatable bonds is 3. The predicted molar refractivity (Wildman–Crippen MR) is 106 cm³/mol. The molecule has 140 valence electrons. The number of hydrogen-bond acceptors (Lipinski definition) is 5. The molecule has 0 unspecified atom stereocenters. The van der Waals surface area contributed by atoms with Gasteiger partial charge in [-0.1, -0.05) is 0 Å². The first-order valence-corrected chi connectivity index (χ1v) is 9.76. The molecule has 27 heavy (non-hydrogen) atoms. The van der Waals surface area contributed by atoms with Gasteiger partial charge in [-0.3, -0.25) is 9.78 Å². The highest BCUT2D eigenvalue weighted by Crippen LogP contribution is 2.32. The van der Waals surface area contributed by atoms with Gasteiger partial charge >= 0.3 is 0 Å². The molecule has 5 rings (SSSR count). The SMILES string of the molecule is O=C(C[C@@H]1CCCN1)N1CCN(c2ccnc3[nH]c4cnccc4c23)CC1. The monoisotopic (exact) mass is 364 g/mol. The van der Waals surface area contributed by atoms with Gasteiger partial charge in [-0.2, -0.15) is 0 Å². The van der Waals surface area contributed by atoms with Crippen LogP contribution in [0.15, 0.2) is 30.7 Å². The molecule has 0 bridgehead atoms. The van der Waals surface area contributed by atoms with Crippen LogP contribution in [-0.2, 0) is 4.79 Å². The molecule has 0 saturated carbocycles. The number of aromatic amines is 1. The normalized spacial score (nSPS) is 20.7. The summed E-state index contributed by atoms with van der Waals surface area (Å²) in [6.45, 7) is 4.30. The molecule has 1 amide bonds. The van der Waals surface area contributed by atoms with E-state index >= 15 is 0 Å². The van der Waals surface area contributed by atoms with Crippen molar-refractivity contribution in [2.24, 2.45) is 0 Å². The Kier molecular flexibility index (Phi) is 4.16. The fraction of sp³-hybridized carbons (Fsp3) is 0.450. The van der Waals surface area contributed by atoms with E-state index in [0.717, 1.165) is 61.1 Å². The molecule has 5 heterocycles. The summed E-state index contributed by atoms with van der Waals surface area (Å²) in [6, 6.07) is 4.49. The van der Waals surface area contributed by atoms with E-state index in [4.69, 9.17) is 0 Å². The highest BCUT2D eigenvalue weighted by Gasteiger charge is 2.26. The molecule has 1 atom stereocenters. The fourth-order valence-corrected chi connectivity index (χ4v) is 4.38. The molecule has 2 saturated heterocycles. The molecule has 7 heteroatoms. The Morgan fingerprint density at radius 1 is 1.19 bits per heavy atom. The second-order valence-electron chi connectivity index (χ2n) is 7.47. The maximum atomic E-state index is 12.6. The van der Waals surface area contributed by atoms with Crippen LogP contribution in [-0.4, -0.2) is 64.5 Å². The van der Waals surface area contributed by atoms with Crippen molar-refractivity contribution in [2.45, 2.75) is 25.3 Å². The Balaban J connectivity index is 1.34. The number of nitrogens with one attached hydrogen (secondary N) is 2. The van der Waals surface area contributed by atoms with E-state index in [1.54, 1.807) is 0 Å². The number of nitrogens with zero attached hydrogens (tertiary/aromatic N) is 4. The molecular weight excluding hydrogens is 340 g/mol. The van der Waals surface area contributed by atoms with Gasteiger partial charge in [0.1, 0.15) is 5.65 Å². The zero-order valence-corrected chi connectivity index (χ0v) is 15.3. The maximum Gasteiger partial charge on any atom is 0.224 e. The number of aromatic nitrogens is 3. The maximum absolute atomic E-state index is 12.6. The third-order valence-electron chi connectivity index (χ3n) is 5.83. The zero-order valence-electron chi connectivity index (χ0n) is 15.3. The van der Waals surface area contributed by atoms with Crippen LogP contribution in [0.3, 0.4) is 0 Å². The molecule has 3 aromatic heterocycles. The Morgan fingerprint density at radius 2 is 2.07 bits per heavy atom. The molecule has 2 aliphatic rings. The van der Waals surface area contributed by atoms with Crippen molar-refractivity contribution >= 4 is 33.5 Å². The minimum Gasteiger partial charge on any atom is -0.367 e. The highest BCUT2D eigenvalue weighted by molar-refractivity contribution is 6.11. The van der Waals surface area contributed by atoms with Crippen LogP contribution in [0.2, 0.25) is 0 Å². The van der Waals surface area contributed by atoms with Crippen LogP contribution in [0.25, 0.3) is 21.9 Å². The van der Waals surface area contributed by atoms with E-state index in [1.807, 2.05) is 29.6 Å². The quantitative estimate of drug-likeness (QED) is 0.742. The smallest absolute Gasteiger partial charge is 0.224 e. The summed E-state index contributed by atoms with van der Waals surface area (Å²) in [7, 11) is 0. The predicted octanol–water partition coefficient (Wildman–Crippen LogP) is 1.90. The summed E-state index contributed by atoms with van der Waals surface area (Å²) in [6.07, 6.45) is 8.45. The van der Waals surface area contributed by atoms with Gasteiger partial charge in [0, 0.05) is 56.4 Å². The fourth-order valence-electron chi connectivity index (χ4n) is 4.38. The molecule has 0 radical (unpaired) electrons. The van der Waals surface area contributed by atoms with Crippen LogP contribution < -0.4 is 10.2 Å². The number of anilines is 1. The number of fused-ring (bicyclic) bond motifs is 3. The van der Waals surface area contributed by atoms with Crippen molar-refractivity contribution in [1.82, 2.24) is 25.2 Å². The van der Waals surface area contributed by atoms with Crippen molar-refractivity contribution in [3.8, 4) is 0 Å². The number of amides is 1. The van der Waals surface area contributed by atoms with Crippen molar-refractivity contribution < 1.29 is 4.79 Å². The van der Waals surface area contributed by atoms with Gasteiger partial charge in [-0.15, -0.1) is 0 Å². The van der Waals surface area contributed by atoms with Gasteiger partial charge in [-0.25, -0.2) is 4.98 Å². The largest absolute Gasteiger partial charge is 0.367 e. The molecule has 7 nitrogen and oxygen atoms in total. The zero-order chi connectivity index (χ0) is 18.2. The van der Waals surface area contributed by atoms with Crippen LogP contribution >= 0.6 is 0 Å². The average molecular weight is 364 g/mol. The lowest BCUT2D eigenvalue weighted by Gasteiger charge is -2.36. The van der Waals surface area contributed by atoms with Crippen molar-refractivity contribution in [3.05, 3.63) is 30.7 Å². The van der Waals surface area contributed by atoms with E-state index in [2.05, 4.69) is 31.2 Å². The van der Waals surface area contributed by atoms with Crippen LogP contribution in [0, 0.1) is 0 Å². The van der Waals surface area contributed by atoms with E-state index < -0.39 is 0 Å². The van der Waals surface area contributed by atoms with Crippen LogP contribution in [0.4, 0.5) is 5.69 Å². The average Bonchev–Trinajstić information content (AvgIpc) is 3.35. The number of piperazine rings is 1. The Bertz CT molecular complexity index is 969. The number of carbonyl (C=O) groups is 1. The summed E-state index contributed by atoms with van der Waals surface area (Å²) >= 11 is 0. The highest BCUT2D eigenvalue weighted by atomic mass is 16.2. The lowest BCUT2D eigenvalue weighted by molar-refractivity contribution is -0.131. The number of pyridine rings is 2. The molecule has 0 aromatic carbocycles. The summed E-state index contributed by atoms with van der Waals surface area (Å²) in [5, 5.41) is 5.71. The van der Waals surface area contributed by atoms with Crippen molar-refractivity contribution in [2.75, 3.05) is 37.6 Å². The van der Waals surface area contributed by atoms with Crippen molar-refractivity contribution in [1.29, 1.82) is 0 Å². The standard InChI is InChI=1S/C20H24N6O/c27-18(12-14-2-1-5-22-14)26-10-8-25(9-11-26)17-4-7-23-20-19(17)15-3-6-21-13-16(15)24-20/h3-4,6-7,13-14,22H,1-2,5,8-12H2,(H,23,24)/t14-/m0/s1. The number of carbonyl (C=O) groups excluding carboxylic acids is 1. The van der Waals surface area contributed by atoms with Gasteiger partial charge in [0.15, 0.2) is 0 Å². The Hall–Kier alpha value is -2.67. The number of H-pyrrole nitrogens is 1. The second-order valence-corrected chi connectivity index (χ2v) is 7.47. The molecular formula is C20H24N6O. The van der Waals surface area contributed by atoms with Gasteiger partial charge in [-0.05, 0) is 31.5 Å². The van der Waals surface area contributed by atoms with E-state index in [0.29, 0.717) is 12.5 Å². The lowest BCUT2D eigenvalue weighted by atomic mass is 10.1. The first kappa shape index (κ1) is 16.5. The van der Waals surface area contributed by atoms with Gasteiger partial charge in [0.2, 0.25) is 5.91 Å². The minimum absolute atomic E-state index is 0.284. The first-order valence-electron chi connectivity index (χ1n) is 9.76. The Morgan fingerprint density at radius 3 is 2.89 bits per heavy atom. The molecule has 2 aliphatic heterocycles. The molecule has 0 aliphatic carbocycles. The summed E-state index contributed by atoms with van der Waals surface area (Å²) in [5.74, 6) is 0.284. The minimum atomic E-state index is 0.284. The van der Waals surface area contributed by atoms with Crippen LogP contribution in [0.1, 0.15) is 19.3 Å². The topological polar surface area (TPSA) is 77.2 Å². The molecule has 2 N–H and O–H groups in total. The summed E-state index contributed by atoms with van der Waals surface area (Å²) < 4.78 is 0. The summed E-state index contributed by atoms with van der Waals surface area (Å²) in [4.78, 5) is 29.0. The van der Waals surface area contributed by atoms with Crippen LogP contribution in [0.5, 0.6) is 0 Å². The van der Waals surface area contributed by atoms with Gasteiger partial charge in [0.05, 0.1) is 22.8 Å². The first-order chi connectivity index (χ1) is 13.3. The number of hydrogen-bond donors (Lipinski definition) is 2. The van der Waals surface area contributed by atoms with Gasteiger partial charge in [0.25, 0.3) is 0 Å². The summed E-state index contributed by atoms with van der Waals surface area (Å²) in [5.41, 5.74) is 3.08. The molecule has 0 spiro atoms. The van der Waals surface area contributed by atoms with E-state index in [1.165, 1.54) is 12.1 Å². The van der Waals surface area contributed by atoms with Gasteiger partial charge < -0.3 is 20.1 Å². The lowest BCUT2D eigenvalue weighted by Crippen LogP contribution is -2.49. The van der Waals surface area contributed by atoms with E-state index in [-0.39, 0.29) is 5.91 Å². The molecule has 2 fully saturated rings. The van der Waals surface area contributed by atoms with E-state index in [9.17, 15) is 4.79 Å². The Labute approximate surface area is 157 Å². The molecule has 3 aromatic rings.